The zero-order valence-electron chi connectivity index (χ0n) is 15.2. The molecule has 1 aliphatic carbocycles. The molecule has 0 aromatic heterocycles. The smallest absolute Gasteiger partial charge is 0.222 e. The van der Waals surface area contributed by atoms with Gasteiger partial charge in [0.05, 0.1) is 11.0 Å². The molecule has 1 saturated heterocycles. The van der Waals surface area contributed by atoms with Gasteiger partial charge < -0.3 is 4.90 Å². The summed E-state index contributed by atoms with van der Waals surface area (Å²) in [7, 11) is -3.47. The van der Waals surface area contributed by atoms with E-state index < -0.39 is 20.9 Å². The second kappa shape index (κ2) is 8.51. The molecule has 1 saturated carbocycles. The summed E-state index contributed by atoms with van der Waals surface area (Å²) < 4.78 is 39.3. The molecule has 0 bridgehead atoms. The van der Waals surface area contributed by atoms with Crippen LogP contribution >= 0.6 is 0 Å². The number of halogens is 1. The topological polar surface area (TPSA) is 54.5 Å². The molecule has 4 nitrogen and oxygen atoms in total. The van der Waals surface area contributed by atoms with Gasteiger partial charge in [-0.15, -0.1) is 0 Å². The first-order chi connectivity index (χ1) is 12.5. The number of hydrogen-bond donors (Lipinski definition) is 0. The van der Waals surface area contributed by atoms with Gasteiger partial charge in [-0.3, -0.25) is 4.79 Å². The molecule has 144 valence electrons. The van der Waals surface area contributed by atoms with Gasteiger partial charge in [-0.05, 0) is 24.8 Å². The minimum absolute atomic E-state index is 0.0416. The van der Waals surface area contributed by atoms with E-state index in [9.17, 15) is 17.6 Å². The van der Waals surface area contributed by atoms with Crippen LogP contribution in [0.25, 0.3) is 0 Å². The molecule has 1 atom stereocenters. The number of rotatable bonds is 4. The summed E-state index contributed by atoms with van der Waals surface area (Å²) in [5, 5.41) is -0.861. The highest BCUT2D eigenvalue weighted by atomic mass is 32.2. The average molecular weight is 382 g/mol. The summed E-state index contributed by atoms with van der Waals surface area (Å²) in [6.45, 7) is 0.596. The van der Waals surface area contributed by atoms with Crippen molar-refractivity contribution in [2.24, 2.45) is 5.92 Å². The molecular formula is C20H28FNO3S. The van der Waals surface area contributed by atoms with Crippen LogP contribution in [0.2, 0.25) is 0 Å². The third-order valence-electron chi connectivity index (χ3n) is 5.84. The molecule has 1 aliphatic heterocycles. The molecule has 1 aromatic carbocycles. The number of nitrogens with zero attached hydrogens (tertiary/aromatic N) is 1. The molecule has 1 amide bonds. The molecule has 1 aromatic rings. The Kier molecular flexibility index (Phi) is 6.33. The summed E-state index contributed by atoms with van der Waals surface area (Å²) in [6, 6.07) is 6.05. The zero-order valence-corrected chi connectivity index (χ0v) is 16.0. The van der Waals surface area contributed by atoms with E-state index in [1.807, 2.05) is 0 Å². The lowest BCUT2D eigenvalue weighted by atomic mass is 9.86. The van der Waals surface area contributed by atoms with Crippen LogP contribution in [0.3, 0.4) is 0 Å². The minimum Gasteiger partial charge on any atom is -0.342 e. The van der Waals surface area contributed by atoms with Crippen LogP contribution < -0.4 is 0 Å². The van der Waals surface area contributed by atoms with Crippen LogP contribution in [-0.4, -0.2) is 38.1 Å². The highest BCUT2D eigenvalue weighted by Gasteiger charge is 2.34. The van der Waals surface area contributed by atoms with E-state index in [0.717, 1.165) is 6.42 Å². The van der Waals surface area contributed by atoms with Crippen molar-refractivity contribution in [3.05, 3.63) is 35.6 Å². The molecule has 0 radical (unpaired) electrons. The fraction of sp³-hybridized carbons (Fsp3) is 0.650. The standard InChI is InChI=1S/C20H28FNO3S/c21-18-9-5-4-8-17(18)19-12-13-22(14-15-26(19,24)25)20(23)11-10-16-6-2-1-3-7-16/h4-5,8-9,16,19H,1-3,6-7,10-15H2. The van der Waals surface area contributed by atoms with Gasteiger partial charge in [-0.25, -0.2) is 12.8 Å². The van der Waals surface area contributed by atoms with E-state index >= 15 is 0 Å². The van der Waals surface area contributed by atoms with Gasteiger partial charge in [0.1, 0.15) is 5.82 Å². The van der Waals surface area contributed by atoms with Gasteiger partial charge in [0.25, 0.3) is 0 Å². The lowest BCUT2D eigenvalue weighted by Crippen LogP contribution is -2.33. The highest BCUT2D eigenvalue weighted by Crippen LogP contribution is 2.32. The Morgan fingerprint density at radius 2 is 1.81 bits per heavy atom. The Morgan fingerprint density at radius 3 is 2.54 bits per heavy atom. The molecule has 3 rings (SSSR count). The molecule has 2 fully saturated rings. The van der Waals surface area contributed by atoms with E-state index in [1.54, 1.807) is 17.0 Å². The fourth-order valence-electron chi connectivity index (χ4n) is 4.24. The number of carbonyl (C=O) groups excluding carboxylic acids is 1. The third-order valence-corrected chi connectivity index (χ3v) is 7.94. The molecule has 1 unspecified atom stereocenters. The van der Waals surface area contributed by atoms with E-state index in [4.69, 9.17) is 0 Å². The van der Waals surface area contributed by atoms with Gasteiger partial charge in [-0.1, -0.05) is 50.3 Å². The van der Waals surface area contributed by atoms with Crippen molar-refractivity contribution < 1.29 is 17.6 Å². The summed E-state index contributed by atoms with van der Waals surface area (Å²) in [4.78, 5) is 14.2. The quantitative estimate of drug-likeness (QED) is 0.795. The predicted molar refractivity (Wildman–Crippen MR) is 99.9 cm³/mol. The second-order valence-corrected chi connectivity index (χ2v) is 9.89. The van der Waals surface area contributed by atoms with Crippen LogP contribution in [0.4, 0.5) is 4.39 Å². The zero-order chi connectivity index (χ0) is 18.6. The normalized spacial score (nSPS) is 24.2. The largest absolute Gasteiger partial charge is 0.342 e. The molecule has 0 spiro atoms. The van der Waals surface area contributed by atoms with Crippen LogP contribution in [0.15, 0.2) is 24.3 Å². The van der Waals surface area contributed by atoms with Crippen LogP contribution in [0.1, 0.15) is 62.2 Å². The van der Waals surface area contributed by atoms with Crippen LogP contribution in [0.5, 0.6) is 0 Å². The maximum atomic E-state index is 14.1. The Labute approximate surface area is 155 Å². The maximum Gasteiger partial charge on any atom is 0.222 e. The number of carbonyl (C=O) groups is 1. The first kappa shape index (κ1) is 19.3. The number of sulfone groups is 1. The van der Waals surface area contributed by atoms with Crippen molar-refractivity contribution in [1.29, 1.82) is 0 Å². The number of benzene rings is 1. The van der Waals surface area contributed by atoms with Gasteiger partial charge in [0.15, 0.2) is 9.84 Å². The van der Waals surface area contributed by atoms with Crippen LogP contribution in [0, 0.1) is 11.7 Å². The van der Waals surface area contributed by atoms with E-state index in [1.165, 1.54) is 44.2 Å². The molecular weight excluding hydrogens is 353 g/mol. The molecule has 0 N–H and O–H groups in total. The predicted octanol–water partition coefficient (Wildman–Crippen LogP) is 3.87. The lowest BCUT2D eigenvalue weighted by molar-refractivity contribution is -0.131. The van der Waals surface area contributed by atoms with Crippen molar-refractivity contribution in [1.82, 2.24) is 4.90 Å². The molecule has 2 aliphatic rings. The van der Waals surface area contributed by atoms with Crippen LogP contribution in [-0.2, 0) is 14.6 Å². The van der Waals surface area contributed by atoms with Gasteiger partial charge in [0.2, 0.25) is 5.91 Å². The second-order valence-electron chi connectivity index (χ2n) is 7.59. The Morgan fingerprint density at radius 1 is 1.08 bits per heavy atom. The summed E-state index contributed by atoms with van der Waals surface area (Å²) in [6.07, 6.45) is 7.88. The third kappa shape index (κ3) is 4.64. The first-order valence-electron chi connectivity index (χ1n) is 9.71. The van der Waals surface area contributed by atoms with Gasteiger partial charge >= 0.3 is 0 Å². The van der Waals surface area contributed by atoms with E-state index in [2.05, 4.69) is 0 Å². The monoisotopic (exact) mass is 381 g/mol. The average Bonchev–Trinajstić information content (AvgIpc) is 2.79. The maximum absolute atomic E-state index is 14.1. The summed E-state index contributed by atoms with van der Waals surface area (Å²) in [5.74, 6) is 0.0916. The SMILES string of the molecule is O=C(CCC1CCCCC1)N1CCC(c2ccccc2F)S(=O)(=O)CC1. The van der Waals surface area contributed by atoms with Gasteiger partial charge in [-0.2, -0.15) is 0 Å². The van der Waals surface area contributed by atoms with Crippen molar-refractivity contribution in [3.8, 4) is 0 Å². The minimum atomic E-state index is -3.47. The molecule has 1 heterocycles. The van der Waals surface area contributed by atoms with Gasteiger partial charge in [0, 0.05) is 25.1 Å². The van der Waals surface area contributed by atoms with E-state index in [0.29, 0.717) is 18.9 Å². The lowest BCUT2D eigenvalue weighted by Gasteiger charge is -2.24. The van der Waals surface area contributed by atoms with Crippen molar-refractivity contribution >= 4 is 15.7 Å². The number of hydrogen-bond acceptors (Lipinski definition) is 3. The Balaban J connectivity index is 1.62. The van der Waals surface area contributed by atoms with E-state index in [-0.39, 0.29) is 30.2 Å². The van der Waals surface area contributed by atoms with Crippen molar-refractivity contribution in [3.63, 3.8) is 0 Å². The summed E-state index contributed by atoms with van der Waals surface area (Å²) >= 11 is 0. The van der Waals surface area contributed by atoms with Crippen molar-refractivity contribution in [2.75, 3.05) is 18.8 Å². The molecule has 6 heteroatoms. The van der Waals surface area contributed by atoms with Crippen molar-refractivity contribution in [2.45, 2.75) is 56.6 Å². The first-order valence-corrected chi connectivity index (χ1v) is 11.4. The fourth-order valence-corrected chi connectivity index (χ4v) is 6.04. The molecule has 26 heavy (non-hydrogen) atoms. The Bertz CT molecular complexity index is 728. The number of amides is 1. The summed E-state index contributed by atoms with van der Waals surface area (Å²) in [5.41, 5.74) is 0.226. The highest BCUT2D eigenvalue weighted by molar-refractivity contribution is 7.91. The Hall–Kier alpha value is -1.43.